The lowest BCUT2D eigenvalue weighted by Crippen LogP contribution is -2.15. The highest BCUT2D eigenvalue weighted by molar-refractivity contribution is 6.16. The van der Waals surface area contributed by atoms with Crippen molar-refractivity contribution in [2.75, 3.05) is 4.90 Å². The molecule has 1 heterocycles. The SMILES string of the molecule is CCC1=C(/C=C(\C)N(c2ccccc2)c2ccc3c(c2)c2ccccc2n3C2CCCCC2)c2c3cccc2-c2cccc1c2C1=C3CCC=C1. The highest BCUT2D eigenvalue weighted by Crippen LogP contribution is 2.54. The monoisotopic (exact) mass is 660 g/mol. The molecule has 0 spiro atoms. The van der Waals surface area contributed by atoms with Gasteiger partial charge in [-0.3, -0.25) is 0 Å². The number of nitrogens with zero attached hydrogens (tertiary/aromatic N) is 2. The molecule has 0 atom stereocenters. The first-order chi connectivity index (χ1) is 25.2. The van der Waals surface area contributed by atoms with Gasteiger partial charge in [-0.2, -0.15) is 0 Å². The largest absolute Gasteiger partial charge is 0.337 e. The maximum Gasteiger partial charge on any atom is 0.0495 e. The van der Waals surface area contributed by atoms with E-state index < -0.39 is 0 Å². The Hall–Kier alpha value is -5.34. The number of anilines is 2. The number of aromatic nitrogens is 1. The molecule has 10 rings (SSSR count). The minimum atomic E-state index is 0.569. The Morgan fingerprint density at radius 2 is 1.43 bits per heavy atom. The predicted octanol–water partition coefficient (Wildman–Crippen LogP) is 13.9. The standard InChI is InChI=1S/C49H44N2/c1-3-36-39-23-14-25-42-43-26-15-24-41(37-20-10-11-22-40(37)48(39)42)49(43)45(36)30-32(2)50(33-16-6-4-7-17-33)35-28-29-47-44(31-35)38-21-12-13-27-46(38)51(47)34-18-8-5-9-19-34/h4,6-7,11-17,21-31,34H,3,5,8-10,18-20H2,1-2H3/b32-30+. The summed E-state index contributed by atoms with van der Waals surface area (Å²) < 4.78 is 2.67. The summed E-state index contributed by atoms with van der Waals surface area (Å²) in [5.41, 5.74) is 20.4. The van der Waals surface area contributed by atoms with Crippen LogP contribution < -0.4 is 4.90 Å². The van der Waals surface area contributed by atoms with E-state index in [1.54, 1.807) is 0 Å². The average molecular weight is 661 g/mol. The fourth-order valence-corrected chi connectivity index (χ4v) is 9.92. The van der Waals surface area contributed by atoms with Crippen LogP contribution in [0.5, 0.6) is 0 Å². The minimum absolute atomic E-state index is 0.569. The maximum absolute atomic E-state index is 2.67. The summed E-state index contributed by atoms with van der Waals surface area (Å²) in [6.45, 7) is 4.65. The van der Waals surface area contributed by atoms with Crippen LogP contribution in [0.2, 0.25) is 0 Å². The molecular weight excluding hydrogens is 617 g/mol. The molecule has 1 aromatic heterocycles. The number of hydrogen-bond acceptors (Lipinski definition) is 1. The zero-order chi connectivity index (χ0) is 34.1. The molecule has 0 amide bonds. The summed E-state index contributed by atoms with van der Waals surface area (Å²) in [7, 11) is 0. The lowest BCUT2D eigenvalue weighted by atomic mass is 9.79. The molecule has 51 heavy (non-hydrogen) atoms. The van der Waals surface area contributed by atoms with Crippen molar-refractivity contribution in [3.8, 4) is 11.1 Å². The smallest absolute Gasteiger partial charge is 0.0495 e. The summed E-state index contributed by atoms with van der Waals surface area (Å²) in [6.07, 6.45) is 17.0. The zero-order valence-corrected chi connectivity index (χ0v) is 29.8. The molecule has 0 saturated heterocycles. The number of benzene rings is 5. The lowest BCUT2D eigenvalue weighted by molar-refractivity contribution is 0.367. The molecule has 0 unspecified atom stereocenters. The summed E-state index contributed by atoms with van der Waals surface area (Å²) in [5, 5.41) is 2.70. The molecule has 2 nitrogen and oxygen atoms in total. The first-order valence-corrected chi connectivity index (χ1v) is 19.2. The van der Waals surface area contributed by atoms with Crippen molar-refractivity contribution in [1.29, 1.82) is 0 Å². The van der Waals surface area contributed by atoms with Crippen LogP contribution in [0.4, 0.5) is 11.4 Å². The second-order valence-electron chi connectivity index (χ2n) is 14.9. The first kappa shape index (κ1) is 30.5. The van der Waals surface area contributed by atoms with Gasteiger partial charge in [0.25, 0.3) is 0 Å². The van der Waals surface area contributed by atoms with Crippen LogP contribution in [0.15, 0.2) is 133 Å². The minimum Gasteiger partial charge on any atom is -0.337 e. The van der Waals surface area contributed by atoms with Crippen molar-refractivity contribution < 1.29 is 0 Å². The van der Waals surface area contributed by atoms with E-state index in [2.05, 4.69) is 151 Å². The second kappa shape index (κ2) is 12.2. The Balaban J connectivity index is 1.19. The predicted molar refractivity (Wildman–Crippen MR) is 218 cm³/mol. The lowest BCUT2D eigenvalue weighted by Gasteiger charge is -2.28. The van der Waals surface area contributed by atoms with E-state index in [0.717, 1.165) is 19.3 Å². The van der Waals surface area contributed by atoms with Gasteiger partial charge < -0.3 is 9.47 Å². The molecule has 5 aromatic carbocycles. The molecule has 250 valence electrons. The van der Waals surface area contributed by atoms with E-state index in [1.165, 1.54) is 127 Å². The molecule has 4 aliphatic rings. The Morgan fingerprint density at radius 3 is 2.25 bits per heavy atom. The molecule has 2 heteroatoms. The van der Waals surface area contributed by atoms with Crippen molar-refractivity contribution in [2.24, 2.45) is 0 Å². The van der Waals surface area contributed by atoms with Gasteiger partial charge in [-0.25, -0.2) is 0 Å². The van der Waals surface area contributed by atoms with E-state index in [-0.39, 0.29) is 0 Å². The highest BCUT2D eigenvalue weighted by Gasteiger charge is 2.32. The van der Waals surface area contributed by atoms with Gasteiger partial charge in [0.1, 0.15) is 0 Å². The third-order valence-electron chi connectivity index (χ3n) is 12.1. The molecule has 1 saturated carbocycles. The Kier molecular flexibility index (Phi) is 7.27. The van der Waals surface area contributed by atoms with Gasteiger partial charge in [-0.15, -0.1) is 0 Å². The van der Waals surface area contributed by atoms with Crippen LogP contribution >= 0.6 is 0 Å². The molecule has 0 N–H and O–H groups in total. The van der Waals surface area contributed by atoms with Gasteiger partial charge in [-0.05, 0) is 137 Å². The van der Waals surface area contributed by atoms with E-state index in [1.807, 2.05) is 0 Å². The zero-order valence-electron chi connectivity index (χ0n) is 29.8. The average Bonchev–Trinajstić information content (AvgIpc) is 3.46. The summed E-state index contributed by atoms with van der Waals surface area (Å²) in [4.78, 5) is 2.48. The first-order valence-electron chi connectivity index (χ1n) is 19.2. The summed E-state index contributed by atoms with van der Waals surface area (Å²) in [6, 6.07) is 41.8. The van der Waals surface area contributed by atoms with Crippen LogP contribution in [-0.4, -0.2) is 4.57 Å². The fourth-order valence-electron chi connectivity index (χ4n) is 9.92. The van der Waals surface area contributed by atoms with Crippen molar-refractivity contribution >= 4 is 55.5 Å². The summed E-state index contributed by atoms with van der Waals surface area (Å²) >= 11 is 0. The molecule has 0 aliphatic heterocycles. The molecule has 0 radical (unpaired) electrons. The van der Waals surface area contributed by atoms with Crippen molar-refractivity contribution in [1.82, 2.24) is 4.57 Å². The number of fused-ring (bicyclic) bond motifs is 4. The van der Waals surface area contributed by atoms with Gasteiger partial charge in [0.2, 0.25) is 0 Å². The van der Waals surface area contributed by atoms with Crippen LogP contribution in [0.1, 0.15) is 93.5 Å². The molecule has 6 bridgehead atoms. The van der Waals surface area contributed by atoms with Crippen LogP contribution in [0.3, 0.4) is 0 Å². The third-order valence-corrected chi connectivity index (χ3v) is 12.1. The highest BCUT2D eigenvalue weighted by atomic mass is 15.1. The van der Waals surface area contributed by atoms with Crippen molar-refractivity contribution in [2.45, 2.75) is 71.3 Å². The van der Waals surface area contributed by atoms with E-state index in [4.69, 9.17) is 0 Å². The number of para-hydroxylation sites is 2. The molecule has 4 aliphatic carbocycles. The Labute approximate surface area is 301 Å². The van der Waals surface area contributed by atoms with Crippen LogP contribution in [0.25, 0.3) is 55.2 Å². The van der Waals surface area contributed by atoms with E-state index in [9.17, 15) is 0 Å². The Morgan fingerprint density at radius 1 is 0.706 bits per heavy atom. The van der Waals surface area contributed by atoms with Gasteiger partial charge in [0.05, 0.1) is 0 Å². The topological polar surface area (TPSA) is 8.17 Å². The number of rotatable bonds is 6. The van der Waals surface area contributed by atoms with Gasteiger partial charge in [-0.1, -0.05) is 111 Å². The Bertz CT molecular complexity index is 2490. The van der Waals surface area contributed by atoms with Crippen LogP contribution in [0, 0.1) is 0 Å². The maximum atomic E-state index is 2.67. The normalized spacial score (nSPS) is 16.9. The molecular formula is C49H44N2. The quantitative estimate of drug-likeness (QED) is 0.173. The van der Waals surface area contributed by atoms with Gasteiger partial charge in [0.15, 0.2) is 0 Å². The summed E-state index contributed by atoms with van der Waals surface area (Å²) in [5.74, 6) is 0. The van der Waals surface area contributed by atoms with E-state index in [0.29, 0.717) is 6.04 Å². The van der Waals surface area contributed by atoms with Crippen LogP contribution in [-0.2, 0) is 0 Å². The van der Waals surface area contributed by atoms with Crippen molar-refractivity contribution in [3.63, 3.8) is 0 Å². The van der Waals surface area contributed by atoms with Gasteiger partial charge in [0, 0.05) is 44.9 Å². The van der Waals surface area contributed by atoms with Gasteiger partial charge >= 0.3 is 0 Å². The van der Waals surface area contributed by atoms with Crippen molar-refractivity contribution in [3.05, 3.63) is 155 Å². The number of hydrogen-bond donors (Lipinski definition) is 0. The fraction of sp³-hybridized carbons (Fsp3) is 0.224. The third kappa shape index (κ3) is 4.69. The number of allylic oxidation sites excluding steroid dienone is 8. The molecule has 1 fully saturated rings. The molecule has 6 aromatic rings. The van der Waals surface area contributed by atoms with E-state index >= 15 is 0 Å². The second-order valence-corrected chi connectivity index (χ2v) is 14.9.